The summed E-state index contributed by atoms with van der Waals surface area (Å²) in [5.41, 5.74) is 1.56. The van der Waals surface area contributed by atoms with Gasteiger partial charge in [0, 0.05) is 66.0 Å². The van der Waals surface area contributed by atoms with Crippen molar-refractivity contribution in [2.45, 2.75) is 37.0 Å². The molecule has 0 radical (unpaired) electrons. The standard InChI is InChI=1S/C23H29N3O3S2/c1-4-23(29)26(13-15-30-21-9-5-19(6-10-21)24-17(2)27)14-16-31-22-11-7-20(8-12-22)25-18(3)28/h5-12H,4,13-16H2,1-3H3,(H,24,27)(H,25,28). The van der Waals surface area contributed by atoms with E-state index >= 15 is 0 Å². The molecular weight excluding hydrogens is 430 g/mol. The molecule has 0 fully saturated rings. The number of rotatable bonds is 11. The molecule has 6 nitrogen and oxygen atoms in total. The van der Waals surface area contributed by atoms with E-state index in [0.717, 1.165) is 32.7 Å². The Balaban J connectivity index is 1.79. The second kappa shape index (κ2) is 13.1. The zero-order chi connectivity index (χ0) is 22.6. The summed E-state index contributed by atoms with van der Waals surface area (Å²) in [6.45, 7) is 6.24. The minimum atomic E-state index is -0.0873. The molecule has 0 aliphatic carbocycles. The van der Waals surface area contributed by atoms with Crippen LogP contribution in [0.5, 0.6) is 0 Å². The third kappa shape index (κ3) is 9.48. The van der Waals surface area contributed by atoms with E-state index in [9.17, 15) is 14.4 Å². The lowest BCUT2D eigenvalue weighted by Gasteiger charge is -2.22. The van der Waals surface area contributed by atoms with Crippen LogP contribution in [0.1, 0.15) is 27.2 Å². The molecule has 0 bridgehead atoms. The van der Waals surface area contributed by atoms with Crippen LogP contribution in [0, 0.1) is 0 Å². The minimum Gasteiger partial charge on any atom is -0.341 e. The fourth-order valence-corrected chi connectivity index (χ4v) is 4.56. The number of amides is 3. The van der Waals surface area contributed by atoms with Gasteiger partial charge in [-0.1, -0.05) is 6.92 Å². The Kier molecular flexibility index (Phi) is 10.5. The Morgan fingerprint density at radius 3 is 1.45 bits per heavy atom. The maximum atomic E-state index is 12.3. The highest BCUT2D eigenvalue weighted by Crippen LogP contribution is 2.22. The first-order chi connectivity index (χ1) is 14.9. The van der Waals surface area contributed by atoms with Crippen LogP contribution >= 0.6 is 23.5 Å². The number of nitrogens with zero attached hydrogens (tertiary/aromatic N) is 1. The van der Waals surface area contributed by atoms with E-state index in [1.807, 2.05) is 60.4 Å². The summed E-state index contributed by atoms with van der Waals surface area (Å²) in [6.07, 6.45) is 0.492. The lowest BCUT2D eigenvalue weighted by molar-refractivity contribution is -0.130. The van der Waals surface area contributed by atoms with Gasteiger partial charge in [-0.05, 0) is 48.5 Å². The lowest BCUT2D eigenvalue weighted by atomic mass is 10.3. The van der Waals surface area contributed by atoms with Gasteiger partial charge in [0.05, 0.1) is 0 Å². The molecule has 2 aromatic rings. The van der Waals surface area contributed by atoms with Crippen molar-refractivity contribution in [2.24, 2.45) is 0 Å². The molecular formula is C23H29N3O3S2. The molecule has 2 N–H and O–H groups in total. The third-order valence-corrected chi connectivity index (χ3v) is 6.25. The van der Waals surface area contributed by atoms with Crippen LogP contribution in [0.15, 0.2) is 58.3 Å². The van der Waals surface area contributed by atoms with Crippen LogP contribution in [0.4, 0.5) is 11.4 Å². The largest absolute Gasteiger partial charge is 0.341 e. The summed E-state index contributed by atoms with van der Waals surface area (Å²) >= 11 is 3.39. The topological polar surface area (TPSA) is 78.5 Å². The van der Waals surface area contributed by atoms with Gasteiger partial charge in [-0.25, -0.2) is 0 Å². The third-order valence-electron chi connectivity index (χ3n) is 4.26. The van der Waals surface area contributed by atoms with Crippen molar-refractivity contribution in [2.75, 3.05) is 35.2 Å². The van der Waals surface area contributed by atoms with Crippen LogP contribution in [-0.4, -0.2) is 47.2 Å². The monoisotopic (exact) mass is 459 g/mol. The van der Waals surface area contributed by atoms with Crippen LogP contribution in [0.3, 0.4) is 0 Å². The first kappa shape index (κ1) is 24.8. The molecule has 31 heavy (non-hydrogen) atoms. The molecule has 0 atom stereocenters. The van der Waals surface area contributed by atoms with Crippen LogP contribution in [-0.2, 0) is 14.4 Å². The van der Waals surface area contributed by atoms with E-state index in [-0.39, 0.29) is 17.7 Å². The van der Waals surface area contributed by atoms with Gasteiger partial charge in [0.1, 0.15) is 0 Å². The Morgan fingerprint density at radius 2 is 1.13 bits per heavy atom. The summed E-state index contributed by atoms with van der Waals surface area (Å²) < 4.78 is 0. The molecule has 2 rings (SSSR count). The van der Waals surface area contributed by atoms with Gasteiger partial charge in [-0.2, -0.15) is 0 Å². The first-order valence-electron chi connectivity index (χ1n) is 10.2. The Bertz CT molecular complexity index is 805. The van der Waals surface area contributed by atoms with Crippen molar-refractivity contribution < 1.29 is 14.4 Å². The number of hydrogen-bond acceptors (Lipinski definition) is 5. The van der Waals surface area contributed by atoms with Crippen molar-refractivity contribution in [3.05, 3.63) is 48.5 Å². The average Bonchev–Trinajstić information content (AvgIpc) is 2.73. The second-order valence-electron chi connectivity index (χ2n) is 6.84. The second-order valence-corrected chi connectivity index (χ2v) is 9.18. The SMILES string of the molecule is CCC(=O)N(CCSc1ccc(NC(C)=O)cc1)CCSc1ccc(NC(C)=O)cc1. The zero-order valence-corrected chi connectivity index (χ0v) is 19.8. The molecule has 0 aromatic heterocycles. The van der Waals surface area contributed by atoms with E-state index in [4.69, 9.17) is 0 Å². The Hall–Kier alpha value is -2.45. The number of anilines is 2. The summed E-state index contributed by atoms with van der Waals surface area (Å²) in [7, 11) is 0. The molecule has 0 spiro atoms. The molecule has 0 unspecified atom stereocenters. The van der Waals surface area contributed by atoms with Gasteiger partial charge in [0.25, 0.3) is 0 Å². The van der Waals surface area contributed by atoms with Crippen molar-refractivity contribution in [3.8, 4) is 0 Å². The summed E-state index contributed by atoms with van der Waals surface area (Å²) in [5.74, 6) is 1.59. The van der Waals surface area contributed by atoms with Gasteiger partial charge in [0.2, 0.25) is 17.7 Å². The summed E-state index contributed by atoms with van der Waals surface area (Å²) in [6, 6.07) is 15.4. The highest BCUT2D eigenvalue weighted by atomic mass is 32.2. The van der Waals surface area contributed by atoms with E-state index in [2.05, 4.69) is 10.6 Å². The molecule has 0 heterocycles. The van der Waals surface area contributed by atoms with Crippen LogP contribution < -0.4 is 10.6 Å². The summed E-state index contributed by atoms with van der Waals surface area (Å²) in [4.78, 5) is 38.6. The molecule has 0 saturated carbocycles. The van der Waals surface area contributed by atoms with Crippen molar-refractivity contribution >= 4 is 52.6 Å². The number of hydrogen-bond donors (Lipinski definition) is 2. The van der Waals surface area contributed by atoms with E-state index in [0.29, 0.717) is 19.5 Å². The van der Waals surface area contributed by atoms with E-state index in [1.54, 1.807) is 23.5 Å². The predicted molar refractivity (Wildman–Crippen MR) is 130 cm³/mol. The van der Waals surface area contributed by atoms with Crippen molar-refractivity contribution in [3.63, 3.8) is 0 Å². The summed E-state index contributed by atoms with van der Waals surface area (Å²) in [5, 5.41) is 5.51. The van der Waals surface area contributed by atoms with Gasteiger partial charge >= 0.3 is 0 Å². The van der Waals surface area contributed by atoms with Gasteiger partial charge in [-0.3, -0.25) is 14.4 Å². The fraction of sp³-hybridized carbons (Fsp3) is 0.348. The Labute approximate surface area is 192 Å². The molecule has 0 aliphatic heterocycles. The van der Waals surface area contributed by atoms with E-state index in [1.165, 1.54) is 13.8 Å². The number of carbonyl (C=O) groups is 3. The molecule has 0 aliphatic rings. The molecule has 3 amide bonds. The Morgan fingerprint density at radius 1 is 0.742 bits per heavy atom. The molecule has 0 saturated heterocycles. The van der Waals surface area contributed by atoms with Gasteiger partial charge in [-0.15, -0.1) is 23.5 Å². The molecule has 8 heteroatoms. The van der Waals surface area contributed by atoms with Crippen LogP contribution in [0.2, 0.25) is 0 Å². The van der Waals surface area contributed by atoms with Gasteiger partial charge < -0.3 is 15.5 Å². The zero-order valence-electron chi connectivity index (χ0n) is 18.1. The highest BCUT2D eigenvalue weighted by molar-refractivity contribution is 7.99. The smallest absolute Gasteiger partial charge is 0.222 e. The number of carbonyl (C=O) groups excluding carboxylic acids is 3. The highest BCUT2D eigenvalue weighted by Gasteiger charge is 2.11. The average molecular weight is 460 g/mol. The minimum absolute atomic E-state index is 0.0873. The first-order valence-corrected chi connectivity index (χ1v) is 12.1. The maximum Gasteiger partial charge on any atom is 0.222 e. The number of benzene rings is 2. The van der Waals surface area contributed by atoms with Gasteiger partial charge in [0.15, 0.2) is 0 Å². The lowest BCUT2D eigenvalue weighted by Crippen LogP contribution is -2.34. The van der Waals surface area contributed by atoms with Crippen LogP contribution in [0.25, 0.3) is 0 Å². The fourth-order valence-electron chi connectivity index (χ4n) is 2.81. The predicted octanol–water partition coefficient (Wildman–Crippen LogP) is 4.73. The molecule has 2 aromatic carbocycles. The quantitative estimate of drug-likeness (QED) is 0.475. The number of nitrogens with one attached hydrogen (secondary N) is 2. The number of thioether (sulfide) groups is 2. The van der Waals surface area contributed by atoms with Crippen molar-refractivity contribution in [1.29, 1.82) is 0 Å². The molecule has 166 valence electrons. The normalized spacial score (nSPS) is 10.4. The van der Waals surface area contributed by atoms with Crippen molar-refractivity contribution in [1.82, 2.24) is 4.90 Å². The van der Waals surface area contributed by atoms with E-state index < -0.39 is 0 Å². The maximum absolute atomic E-state index is 12.3.